The van der Waals surface area contributed by atoms with Gasteiger partial charge >= 0.3 is 0 Å². The molecule has 3 nitrogen and oxygen atoms in total. The van der Waals surface area contributed by atoms with Gasteiger partial charge in [-0.2, -0.15) is 0 Å². The summed E-state index contributed by atoms with van der Waals surface area (Å²) in [7, 11) is -3.32. The summed E-state index contributed by atoms with van der Waals surface area (Å²) in [6.45, 7) is 2.13. The van der Waals surface area contributed by atoms with Gasteiger partial charge in [-0.1, -0.05) is 48.5 Å². The number of fused-ring (bicyclic) bond motifs is 1. The Hall–Kier alpha value is -1.36. The quantitative estimate of drug-likeness (QED) is 0.768. The molecule has 1 saturated heterocycles. The Bertz CT molecular complexity index is 801. The van der Waals surface area contributed by atoms with Gasteiger partial charge in [-0.25, -0.2) is 8.42 Å². The second kappa shape index (κ2) is 6.87. The maximum atomic E-state index is 13.2. The predicted octanol–water partition coefficient (Wildman–Crippen LogP) is -0.671. The van der Waals surface area contributed by atoms with E-state index in [0.29, 0.717) is 4.90 Å². The van der Waals surface area contributed by atoms with Crippen LogP contribution in [0, 0.1) is 0 Å². The summed E-state index contributed by atoms with van der Waals surface area (Å²) in [4.78, 5) is 1.97. The lowest BCUT2D eigenvalue weighted by molar-refractivity contribution is -0.936. The van der Waals surface area contributed by atoms with Crippen molar-refractivity contribution >= 4 is 9.84 Å². The van der Waals surface area contributed by atoms with Gasteiger partial charge in [0.2, 0.25) is 0 Å². The van der Waals surface area contributed by atoms with Crippen LogP contribution in [-0.2, 0) is 9.84 Å². The van der Waals surface area contributed by atoms with Gasteiger partial charge in [0.05, 0.1) is 18.0 Å². The van der Waals surface area contributed by atoms with Gasteiger partial charge < -0.3 is 17.3 Å². The van der Waals surface area contributed by atoms with Crippen LogP contribution in [-0.4, -0.2) is 21.5 Å². The molecule has 128 valence electrons. The third-order valence-electron chi connectivity index (χ3n) is 5.26. The average Bonchev–Trinajstić information content (AvgIpc) is 2.84. The van der Waals surface area contributed by atoms with Crippen molar-refractivity contribution in [2.24, 2.45) is 0 Å². The SMILES string of the molecule is O=S1(=O)c2ccccc2C([NH+]2CCCCC2)C1c1ccccc1.[Cl-]. The number of hydrogen-bond donors (Lipinski definition) is 1. The van der Waals surface area contributed by atoms with Gasteiger partial charge in [0.15, 0.2) is 9.84 Å². The molecule has 0 amide bonds. The monoisotopic (exact) mass is 363 g/mol. The van der Waals surface area contributed by atoms with Crippen molar-refractivity contribution < 1.29 is 25.7 Å². The molecular formula is C19H22ClNO2S. The average molecular weight is 364 g/mol. The van der Waals surface area contributed by atoms with E-state index in [2.05, 4.69) is 0 Å². The highest BCUT2D eigenvalue weighted by atomic mass is 35.5. The van der Waals surface area contributed by atoms with Crippen molar-refractivity contribution in [3.63, 3.8) is 0 Å². The maximum Gasteiger partial charge on any atom is 0.192 e. The molecular weight excluding hydrogens is 342 g/mol. The number of rotatable bonds is 2. The van der Waals surface area contributed by atoms with Crippen molar-refractivity contribution in [1.82, 2.24) is 0 Å². The molecule has 2 unspecified atom stereocenters. The number of nitrogens with one attached hydrogen (secondary N) is 1. The molecule has 0 aromatic heterocycles. The first-order valence-electron chi connectivity index (χ1n) is 8.42. The summed E-state index contributed by atoms with van der Waals surface area (Å²) in [5.41, 5.74) is 1.94. The number of halogens is 1. The topological polar surface area (TPSA) is 38.6 Å². The number of piperidine rings is 1. The minimum absolute atomic E-state index is 0. The molecule has 24 heavy (non-hydrogen) atoms. The lowest BCUT2D eigenvalue weighted by Gasteiger charge is -2.32. The lowest BCUT2D eigenvalue weighted by Crippen LogP contribution is -3.13. The summed E-state index contributed by atoms with van der Waals surface area (Å²) in [5.74, 6) is 0. The Balaban J connectivity index is 0.00000169. The van der Waals surface area contributed by atoms with Crippen LogP contribution < -0.4 is 17.3 Å². The molecule has 0 radical (unpaired) electrons. The normalized spacial score (nSPS) is 25.7. The summed E-state index contributed by atoms with van der Waals surface area (Å²) < 4.78 is 26.4. The zero-order valence-corrected chi connectivity index (χ0v) is 15.1. The van der Waals surface area contributed by atoms with Crippen LogP contribution in [0.1, 0.15) is 41.7 Å². The molecule has 2 atom stereocenters. The van der Waals surface area contributed by atoms with Crippen molar-refractivity contribution in [3.05, 3.63) is 65.7 Å². The van der Waals surface area contributed by atoms with Crippen LogP contribution in [0.3, 0.4) is 0 Å². The summed E-state index contributed by atoms with van der Waals surface area (Å²) in [5, 5.41) is -0.450. The van der Waals surface area contributed by atoms with E-state index in [1.54, 1.807) is 6.07 Å². The minimum atomic E-state index is -3.32. The maximum absolute atomic E-state index is 13.2. The molecule has 2 aromatic carbocycles. The fourth-order valence-electron chi connectivity index (χ4n) is 4.24. The second-order valence-electron chi connectivity index (χ2n) is 6.61. The van der Waals surface area contributed by atoms with E-state index in [9.17, 15) is 8.42 Å². The Morgan fingerprint density at radius 1 is 0.833 bits per heavy atom. The van der Waals surface area contributed by atoms with Crippen LogP contribution in [0.2, 0.25) is 0 Å². The Morgan fingerprint density at radius 3 is 2.17 bits per heavy atom. The van der Waals surface area contributed by atoms with Gasteiger partial charge in [0, 0.05) is 5.56 Å². The van der Waals surface area contributed by atoms with Crippen molar-refractivity contribution in [2.45, 2.75) is 35.4 Å². The van der Waals surface area contributed by atoms with E-state index >= 15 is 0 Å². The highest BCUT2D eigenvalue weighted by molar-refractivity contribution is 7.92. The molecule has 2 aromatic rings. The number of quaternary nitrogens is 1. The number of hydrogen-bond acceptors (Lipinski definition) is 2. The molecule has 0 aliphatic carbocycles. The Labute approximate surface area is 150 Å². The molecule has 5 heteroatoms. The van der Waals surface area contributed by atoms with Crippen LogP contribution in [0.5, 0.6) is 0 Å². The van der Waals surface area contributed by atoms with Crippen molar-refractivity contribution in [3.8, 4) is 0 Å². The van der Waals surface area contributed by atoms with Gasteiger partial charge in [-0.3, -0.25) is 0 Å². The molecule has 1 fully saturated rings. The summed E-state index contributed by atoms with van der Waals surface area (Å²) in [6.07, 6.45) is 3.64. The van der Waals surface area contributed by atoms with E-state index in [1.165, 1.54) is 24.2 Å². The van der Waals surface area contributed by atoms with Gasteiger partial charge in [-0.15, -0.1) is 0 Å². The zero-order valence-electron chi connectivity index (χ0n) is 13.5. The fraction of sp³-hybridized carbons (Fsp3) is 0.368. The minimum Gasteiger partial charge on any atom is -1.00 e. The van der Waals surface area contributed by atoms with E-state index in [-0.39, 0.29) is 18.4 Å². The van der Waals surface area contributed by atoms with Crippen LogP contribution >= 0.6 is 0 Å². The van der Waals surface area contributed by atoms with Crippen LogP contribution in [0.25, 0.3) is 0 Å². The molecule has 2 heterocycles. The highest BCUT2D eigenvalue weighted by Crippen LogP contribution is 2.46. The number of likely N-dealkylation sites (tertiary alicyclic amines) is 1. The van der Waals surface area contributed by atoms with E-state index in [1.807, 2.05) is 48.5 Å². The molecule has 0 spiro atoms. The van der Waals surface area contributed by atoms with Crippen LogP contribution in [0.4, 0.5) is 0 Å². The molecule has 1 N–H and O–H groups in total. The first kappa shape index (κ1) is 17.5. The third kappa shape index (κ3) is 2.77. The molecule has 2 aliphatic rings. The number of benzene rings is 2. The lowest BCUT2D eigenvalue weighted by atomic mass is 9.95. The standard InChI is InChI=1S/C19H21NO2S.ClH/c21-23(22)17-12-6-5-11-16(17)18(20-13-7-2-8-14-20)19(23)15-9-3-1-4-10-15;/h1,3-6,9-12,18-19H,2,7-8,13-14H2;1H. The van der Waals surface area contributed by atoms with Crippen molar-refractivity contribution in [2.75, 3.05) is 13.1 Å². The Morgan fingerprint density at radius 2 is 1.46 bits per heavy atom. The van der Waals surface area contributed by atoms with Crippen LogP contribution in [0.15, 0.2) is 59.5 Å². The fourth-order valence-corrected chi connectivity index (χ4v) is 6.52. The van der Waals surface area contributed by atoms with Gasteiger partial charge in [0.1, 0.15) is 11.3 Å². The first-order chi connectivity index (χ1) is 11.2. The van der Waals surface area contributed by atoms with E-state index in [0.717, 1.165) is 24.2 Å². The van der Waals surface area contributed by atoms with E-state index in [4.69, 9.17) is 0 Å². The zero-order chi connectivity index (χ0) is 15.9. The molecule has 0 saturated carbocycles. The molecule has 4 rings (SSSR count). The summed E-state index contributed by atoms with van der Waals surface area (Å²) >= 11 is 0. The predicted molar refractivity (Wildman–Crippen MR) is 90.1 cm³/mol. The third-order valence-corrected chi connectivity index (χ3v) is 7.46. The highest BCUT2D eigenvalue weighted by Gasteiger charge is 2.51. The first-order valence-corrected chi connectivity index (χ1v) is 9.96. The van der Waals surface area contributed by atoms with Crippen molar-refractivity contribution in [1.29, 1.82) is 0 Å². The summed E-state index contributed by atoms with van der Waals surface area (Å²) in [6, 6.07) is 17.4. The number of sulfone groups is 1. The Kier molecular flexibility index (Phi) is 5.00. The molecule has 2 aliphatic heterocycles. The molecule has 0 bridgehead atoms. The largest absolute Gasteiger partial charge is 1.00 e. The van der Waals surface area contributed by atoms with Gasteiger partial charge in [0.25, 0.3) is 0 Å². The smallest absolute Gasteiger partial charge is 0.192 e. The van der Waals surface area contributed by atoms with Gasteiger partial charge in [-0.05, 0) is 30.9 Å². The van der Waals surface area contributed by atoms with E-state index < -0.39 is 15.1 Å². The second-order valence-corrected chi connectivity index (χ2v) is 8.65.